The van der Waals surface area contributed by atoms with Crippen LogP contribution in [0.5, 0.6) is 0 Å². The third-order valence-electron chi connectivity index (χ3n) is 3.71. The molecule has 1 saturated carbocycles. The highest BCUT2D eigenvalue weighted by Crippen LogP contribution is 2.31. The summed E-state index contributed by atoms with van der Waals surface area (Å²) in [6.45, 7) is 4.22. The summed E-state index contributed by atoms with van der Waals surface area (Å²) in [5, 5.41) is 3.34. The molecule has 0 aromatic heterocycles. The fourth-order valence-electron chi connectivity index (χ4n) is 2.10. The summed E-state index contributed by atoms with van der Waals surface area (Å²) in [7, 11) is 0. The van der Waals surface area contributed by atoms with Crippen molar-refractivity contribution in [3.63, 3.8) is 0 Å². The second-order valence-electron chi connectivity index (χ2n) is 4.95. The molecule has 0 aromatic carbocycles. The molecular formula is C11H20N2O2. The number of nitrogens with two attached hydrogens (primary N) is 1. The Bertz CT molecular complexity index is 247. The molecule has 1 amide bonds. The van der Waals surface area contributed by atoms with E-state index in [1.807, 2.05) is 6.92 Å². The number of ether oxygens (including phenoxy) is 1. The van der Waals surface area contributed by atoms with Gasteiger partial charge in [0.1, 0.15) is 0 Å². The lowest BCUT2D eigenvalue weighted by Gasteiger charge is -2.32. The van der Waals surface area contributed by atoms with E-state index in [0.29, 0.717) is 6.61 Å². The molecule has 0 aromatic rings. The van der Waals surface area contributed by atoms with Gasteiger partial charge in [0.2, 0.25) is 5.91 Å². The highest BCUT2D eigenvalue weighted by Gasteiger charge is 2.42. The van der Waals surface area contributed by atoms with Crippen LogP contribution >= 0.6 is 0 Å². The van der Waals surface area contributed by atoms with Crippen molar-refractivity contribution in [3.8, 4) is 0 Å². The van der Waals surface area contributed by atoms with Crippen LogP contribution in [0.15, 0.2) is 0 Å². The van der Waals surface area contributed by atoms with Gasteiger partial charge >= 0.3 is 0 Å². The van der Waals surface area contributed by atoms with Crippen LogP contribution in [-0.2, 0) is 9.53 Å². The maximum atomic E-state index is 11.5. The Hall–Kier alpha value is -0.610. The van der Waals surface area contributed by atoms with Crippen LogP contribution in [0.4, 0.5) is 0 Å². The third-order valence-corrected chi connectivity index (χ3v) is 3.71. The second kappa shape index (κ2) is 4.10. The normalized spacial score (nSPS) is 30.1. The monoisotopic (exact) mass is 212 g/mol. The molecule has 86 valence electrons. The molecule has 15 heavy (non-hydrogen) atoms. The van der Waals surface area contributed by atoms with Crippen LogP contribution in [-0.4, -0.2) is 31.2 Å². The molecule has 3 N–H and O–H groups in total. The van der Waals surface area contributed by atoms with Crippen molar-refractivity contribution in [3.05, 3.63) is 0 Å². The first-order chi connectivity index (χ1) is 7.13. The Balaban J connectivity index is 1.96. The van der Waals surface area contributed by atoms with Crippen LogP contribution in [0.2, 0.25) is 0 Å². The average Bonchev–Trinajstić information content (AvgIpc) is 2.86. The Kier molecular flexibility index (Phi) is 2.98. The predicted molar refractivity (Wildman–Crippen MR) is 57.3 cm³/mol. The summed E-state index contributed by atoms with van der Waals surface area (Å²) in [6, 6.07) is 0. The quantitative estimate of drug-likeness (QED) is 0.687. The summed E-state index contributed by atoms with van der Waals surface area (Å²) in [6.07, 6.45) is 3.49. The number of nitrogens with one attached hydrogen (secondary N) is 1. The van der Waals surface area contributed by atoms with Crippen molar-refractivity contribution in [2.24, 2.45) is 17.6 Å². The Morgan fingerprint density at radius 2 is 2.27 bits per heavy atom. The second-order valence-corrected chi connectivity index (χ2v) is 4.95. The highest BCUT2D eigenvalue weighted by atomic mass is 16.5. The summed E-state index contributed by atoms with van der Waals surface area (Å²) < 4.78 is 5.33. The first-order valence-electron chi connectivity index (χ1n) is 5.75. The SMILES string of the molecule is CC(NCC1CC1)(C(N)=O)C1CCOC1. The zero-order valence-electron chi connectivity index (χ0n) is 9.29. The molecule has 0 spiro atoms. The van der Waals surface area contributed by atoms with Gasteiger partial charge in [-0.3, -0.25) is 4.79 Å². The lowest BCUT2D eigenvalue weighted by Crippen LogP contribution is -2.58. The van der Waals surface area contributed by atoms with Crippen molar-refractivity contribution >= 4 is 5.91 Å². The van der Waals surface area contributed by atoms with E-state index in [1.165, 1.54) is 12.8 Å². The van der Waals surface area contributed by atoms with Crippen LogP contribution < -0.4 is 11.1 Å². The van der Waals surface area contributed by atoms with Crippen LogP contribution in [0.25, 0.3) is 0 Å². The van der Waals surface area contributed by atoms with Crippen LogP contribution in [0, 0.1) is 11.8 Å². The molecule has 1 heterocycles. The summed E-state index contributed by atoms with van der Waals surface area (Å²) in [4.78, 5) is 11.5. The highest BCUT2D eigenvalue weighted by molar-refractivity contribution is 5.84. The molecule has 1 saturated heterocycles. The molecule has 2 fully saturated rings. The number of hydrogen-bond donors (Lipinski definition) is 2. The number of amides is 1. The maximum absolute atomic E-state index is 11.5. The molecule has 1 aliphatic heterocycles. The minimum absolute atomic E-state index is 0.230. The fourth-order valence-corrected chi connectivity index (χ4v) is 2.10. The van der Waals surface area contributed by atoms with Gasteiger partial charge < -0.3 is 15.8 Å². The Morgan fingerprint density at radius 1 is 1.53 bits per heavy atom. The molecule has 0 bridgehead atoms. The van der Waals surface area contributed by atoms with Gasteiger partial charge in [-0.05, 0) is 38.6 Å². The minimum Gasteiger partial charge on any atom is -0.381 e. The molecule has 2 aliphatic rings. The fraction of sp³-hybridized carbons (Fsp3) is 0.909. The van der Waals surface area contributed by atoms with Gasteiger partial charge in [0.15, 0.2) is 0 Å². The lowest BCUT2D eigenvalue weighted by atomic mass is 9.84. The largest absolute Gasteiger partial charge is 0.381 e. The average molecular weight is 212 g/mol. The van der Waals surface area contributed by atoms with Crippen molar-refractivity contribution in [1.82, 2.24) is 5.32 Å². The minimum atomic E-state index is -0.584. The summed E-state index contributed by atoms with van der Waals surface area (Å²) in [5.74, 6) is 0.735. The van der Waals surface area contributed by atoms with Gasteiger partial charge in [0, 0.05) is 12.5 Å². The van der Waals surface area contributed by atoms with E-state index in [-0.39, 0.29) is 11.8 Å². The van der Waals surface area contributed by atoms with E-state index in [1.54, 1.807) is 0 Å². The number of carbonyl (C=O) groups is 1. The molecule has 2 unspecified atom stereocenters. The zero-order chi connectivity index (χ0) is 10.9. The van der Waals surface area contributed by atoms with E-state index in [2.05, 4.69) is 5.32 Å². The Labute approximate surface area is 90.5 Å². The van der Waals surface area contributed by atoms with Gasteiger partial charge in [0.05, 0.1) is 12.1 Å². The summed E-state index contributed by atoms with van der Waals surface area (Å²) >= 11 is 0. The first kappa shape index (κ1) is 10.9. The smallest absolute Gasteiger partial charge is 0.237 e. The van der Waals surface area contributed by atoms with Crippen molar-refractivity contribution in [1.29, 1.82) is 0 Å². The van der Waals surface area contributed by atoms with Gasteiger partial charge in [-0.15, -0.1) is 0 Å². The predicted octanol–water partition coefficient (Wildman–Crippen LogP) is 0.267. The summed E-state index contributed by atoms with van der Waals surface area (Å²) in [5.41, 5.74) is 4.92. The van der Waals surface area contributed by atoms with E-state index in [4.69, 9.17) is 10.5 Å². The Morgan fingerprint density at radius 3 is 2.73 bits per heavy atom. The zero-order valence-corrected chi connectivity index (χ0v) is 9.29. The van der Waals surface area contributed by atoms with E-state index in [0.717, 1.165) is 25.5 Å². The van der Waals surface area contributed by atoms with E-state index in [9.17, 15) is 4.79 Å². The van der Waals surface area contributed by atoms with Gasteiger partial charge in [-0.25, -0.2) is 0 Å². The van der Waals surface area contributed by atoms with Crippen molar-refractivity contribution < 1.29 is 9.53 Å². The topological polar surface area (TPSA) is 64.3 Å². The maximum Gasteiger partial charge on any atom is 0.237 e. The molecule has 2 atom stereocenters. The molecule has 0 radical (unpaired) electrons. The van der Waals surface area contributed by atoms with E-state index < -0.39 is 5.54 Å². The molecule has 4 nitrogen and oxygen atoms in total. The van der Waals surface area contributed by atoms with E-state index >= 15 is 0 Å². The van der Waals surface area contributed by atoms with Crippen molar-refractivity contribution in [2.45, 2.75) is 31.7 Å². The van der Waals surface area contributed by atoms with Gasteiger partial charge in [-0.1, -0.05) is 0 Å². The molecule has 2 rings (SSSR count). The number of carbonyl (C=O) groups excluding carboxylic acids is 1. The standard InChI is InChI=1S/C11H20N2O2/c1-11(10(12)14,9-4-5-15-7-9)13-6-8-2-3-8/h8-9,13H,2-7H2,1H3,(H2,12,14). The van der Waals surface area contributed by atoms with Crippen LogP contribution in [0.3, 0.4) is 0 Å². The van der Waals surface area contributed by atoms with Crippen LogP contribution in [0.1, 0.15) is 26.2 Å². The molecule has 4 heteroatoms. The third kappa shape index (κ3) is 2.32. The molecular weight excluding hydrogens is 192 g/mol. The number of rotatable bonds is 5. The van der Waals surface area contributed by atoms with Gasteiger partial charge in [-0.2, -0.15) is 0 Å². The van der Waals surface area contributed by atoms with Gasteiger partial charge in [0.25, 0.3) is 0 Å². The molecule has 1 aliphatic carbocycles. The number of hydrogen-bond acceptors (Lipinski definition) is 3. The van der Waals surface area contributed by atoms with Crippen molar-refractivity contribution in [2.75, 3.05) is 19.8 Å². The lowest BCUT2D eigenvalue weighted by molar-refractivity contribution is -0.126. The number of primary amides is 1. The first-order valence-corrected chi connectivity index (χ1v) is 5.75.